The Morgan fingerprint density at radius 3 is 1.88 bits per heavy atom. The normalized spacial score (nSPS) is 23.7. The van der Waals surface area contributed by atoms with Crippen LogP contribution in [0.1, 0.15) is 81.8 Å². The number of carbonyl (C=O) groups is 11. The van der Waals surface area contributed by atoms with Gasteiger partial charge in [0, 0.05) is 74.8 Å². The van der Waals surface area contributed by atoms with Crippen molar-refractivity contribution in [1.82, 2.24) is 26.6 Å². The standard InChI is InChI=1S/C49H68N12O12S2/c50-32-24-74-75-25-37(43(68)30-8-4-9-31(30)45(70)57-33(10-5-19-56-49(54)55)38(63)16-18-41(52)66)61-44(69)28(23-42(53)67)22-39(64)34(15-17-40(51)65)58-47(72)36(20-26-6-2-1-3-7-26)60-48(73)35(59-46(32)71)21-27-11-13-29(62)14-12-27/h1-3,6-7,11-14,28,30-37,62H,4-5,8-10,15-25,50H2,(H2,51,65)(H2,52,66)(H2,53,67)(H,57,70)(H,58,72)(H,59,71)(H,60,73)(H,61,69)(H4,54,55,56)/t28-,30?,31+,32-,33-,34-,35-,36-,37-/m0/s1. The number of phenols is 1. The van der Waals surface area contributed by atoms with Crippen LogP contribution >= 0.6 is 21.6 Å². The zero-order valence-electron chi connectivity index (χ0n) is 41.4. The van der Waals surface area contributed by atoms with Crippen molar-refractivity contribution in [2.24, 2.45) is 57.1 Å². The molecule has 26 heteroatoms. The van der Waals surface area contributed by atoms with Crippen molar-refractivity contribution in [1.29, 1.82) is 0 Å². The summed E-state index contributed by atoms with van der Waals surface area (Å²) in [7, 11) is 2.09. The molecule has 75 heavy (non-hydrogen) atoms. The predicted molar refractivity (Wildman–Crippen MR) is 279 cm³/mol. The van der Waals surface area contributed by atoms with Gasteiger partial charge in [-0.1, -0.05) is 70.5 Å². The van der Waals surface area contributed by atoms with E-state index in [1.54, 1.807) is 30.3 Å². The van der Waals surface area contributed by atoms with Crippen molar-refractivity contribution in [3.8, 4) is 5.75 Å². The van der Waals surface area contributed by atoms with Crippen molar-refractivity contribution in [3.63, 3.8) is 0 Å². The number of primary amides is 3. The van der Waals surface area contributed by atoms with Crippen LogP contribution in [-0.2, 0) is 65.6 Å². The highest BCUT2D eigenvalue weighted by Crippen LogP contribution is 2.35. The van der Waals surface area contributed by atoms with Crippen molar-refractivity contribution in [2.75, 3.05) is 18.1 Å². The topological polar surface area (TPSA) is 437 Å². The van der Waals surface area contributed by atoms with E-state index in [2.05, 4.69) is 31.6 Å². The lowest BCUT2D eigenvalue weighted by Gasteiger charge is -2.28. The summed E-state index contributed by atoms with van der Waals surface area (Å²) < 4.78 is 0. The average Bonchev–Trinajstić information content (AvgIpc) is 3.86. The molecule has 1 heterocycles. The van der Waals surface area contributed by atoms with Crippen molar-refractivity contribution in [2.45, 2.75) is 120 Å². The molecule has 408 valence electrons. The zero-order valence-corrected chi connectivity index (χ0v) is 43.0. The first-order valence-corrected chi connectivity index (χ1v) is 26.9. The number of Topliss-reactive ketones (excluding diaryl/α,β-unsaturated/α-hetero) is 3. The van der Waals surface area contributed by atoms with Gasteiger partial charge in [-0.15, -0.1) is 0 Å². The number of guanidine groups is 1. The second-order valence-electron chi connectivity index (χ2n) is 18.5. The Morgan fingerprint density at radius 2 is 1.27 bits per heavy atom. The number of amides is 8. The molecule has 0 spiro atoms. The van der Waals surface area contributed by atoms with E-state index in [4.69, 9.17) is 34.4 Å². The second kappa shape index (κ2) is 30.3. The lowest BCUT2D eigenvalue weighted by Crippen LogP contribution is -2.58. The van der Waals surface area contributed by atoms with Crippen molar-refractivity contribution in [3.05, 3.63) is 65.7 Å². The zero-order chi connectivity index (χ0) is 55.2. The average molecular weight is 1080 g/mol. The van der Waals surface area contributed by atoms with Crippen LogP contribution in [-0.4, -0.2) is 130 Å². The third-order valence-electron chi connectivity index (χ3n) is 12.6. The van der Waals surface area contributed by atoms with Crippen LogP contribution in [0, 0.1) is 17.8 Å². The van der Waals surface area contributed by atoms with Gasteiger partial charge in [-0.05, 0) is 55.4 Å². The molecule has 1 saturated heterocycles. The van der Waals surface area contributed by atoms with E-state index in [0.29, 0.717) is 17.5 Å². The van der Waals surface area contributed by atoms with E-state index in [1.807, 2.05) is 0 Å². The summed E-state index contributed by atoms with van der Waals surface area (Å²) in [6.45, 7) is 0.133. The highest BCUT2D eigenvalue weighted by atomic mass is 33.1. The largest absolute Gasteiger partial charge is 0.508 e. The van der Waals surface area contributed by atoms with Crippen LogP contribution in [0.4, 0.5) is 0 Å². The maximum atomic E-state index is 14.7. The summed E-state index contributed by atoms with van der Waals surface area (Å²) in [6.07, 6.45) is -1.79. The Morgan fingerprint density at radius 1 is 0.680 bits per heavy atom. The fourth-order valence-corrected chi connectivity index (χ4v) is 10.9. The second-order valence-corrected chi connectivity index (χ2v) is 21.1. The summed E-state index contributed by atoms with van der Waals surface area (Å²) in [4.78, 5) is 153. The van der Waals surface area contributed by atoms with Crippen molar-refractivity contribution >= 4 is 92.2 Å². The van der Waals surface area contributed by atoms with Gasteiger partial charge < -0.3 is 66.1 Å². The van der Waals surface area contributed by atoms with Crippen LogP contribution in [0.2, 0.25) is 0 Å². The van der Waals surface area contributed by atoms with Gasteiger partial charge in [-0.2, -0.15) is 0 Å². The predicted octanol–water partition coefficient (Wildman–Crippen LogP) is -2.09. The molecule has 0 radical (unpaired) electrons. The minimum Gasteiger partial charge on any atom is -0.508 e. The number of phenolic OH excluding ortho intramolecular Hbond substituents is 1. The molecule has 9 atom stereocenters. The molecule has 24 nitrogen and oxygen atoms in total. The molecule has 2 aliphatic rings. The van der Waals surface area contributed by atoms with Gasteiger partial charge in [0.15, 0.2) is 23.3 Å². The van der Waals surface area contributed by atoms with Gasteiger partial charge in [0.1, 0.15) is 17.8 Å². The molecule has 0 bridgehead atoms. The van der Waals surface area contributed by atoms with E-state index in [-0.39, 0.29) is 87.5 Å². The van der Waals surface area contributed by atoms with E-state index < -0.39 is 138 Å². The SMILES string of the molecule is NC(=O)CCC(=O)[C@H](CCCN=C(N)N)NC(=O)[C@@H]1CCCC1C(=O)[C@@H]1CSSC[C@H](N)C(=O)N[C@@H](Cc2ccc(O)cc2)C(=O)N[C@@H](Cc2ccccc2)C(=O)N[C@@H](CCC(N)=O)C(=O)C[C@@H](CC(N)=O)C(=O)N1. The Hall–Kier alpha value is -7.06. The van der Waals surface area contributed by atoms with Gasteiger partial charge in [0.25, 0.3) is 0 Å². The number of nitrogens with zero attached hydrogens (tertiary/aromatic N) is 1. The smallest absolute Gasteiger partial charge is 0.243 e. The molecule has 2 fully saturated rings. The first-order chi connectivity index (χ1) is 35.6. The van der Waals surface area contributed by atoms with Crippen LogP contribution in [0.15, 0.2) is 59.6 Å². The maximum absolute atomic E-state index is 14.7. The first-order valence-electron chi connectivity index (χ1n) is 24.4. The molecular formula is C49H68N12O12S2. The number of hydrogen-bond acceptors (Lipinski definition) is 16. The Bertz CT molecular complexity index is 2410. The number of aliphatic imine (C=N–C) groups is 1. The Kier molecular flexibility index (Phi) is 24.5. The number of rotatable bonds is 21. The molecule has 0 aromatic heterocycles. The molecule has 1 aliphatic carbocycles. The van der Waals surface area contributed by atoms with Gasteiger partial charge in [-0.25, -0.2) is 0 Å². The Balaban J connectivity index is 1.71. The number of aromatic hydroxyl groups is 1. The summed E-state index contributed by atoms with van der Waals surface area (Å²) >= 11 is 0. The molecule has 4 rings (SSSR count). The Labute approximate surface area is 441 Å². The summed E-state index contributed by atoms with van der Waals surface area (Å²) in [6, 6.07) is 6.39. The molecule has 8 amide bonds. The quantitative estimate of drug-likeness (QED) is 0.0276. The number of nitrogens with one attached hydrogen (secondary N) is 5. The molecular weight excluding hydrogens is 1010 g/mol. The summed E-state index contributed by atoms with van der Waals surface area (Å²) in [5.41, 5.74) is 34.7. The van der Waals surface area contributed by atoms with Gasteiger partial charge in [-0.3, -0.25) is 57.7 Å². The monoisotopic (exact) mass is 1080 g/mol. The van der Waals surface area contributed by atoms with Crippen LogP contribution in [0.3, 0.4) is 0 Å². The van der Waals surface area contributed by atoms with Gasteiger partial charge in [0.2, 0.25) is 47.3 Å². The highest BCUT2D eigenvalue weighted by Gasteiger charge is 2.43. The first kappa shape index (κ1) is 60.5. The molecule has 2 aromatic rings. The molecule has 18 N–H and O–H groups in total. The van der Waals surface area contributed by atoms with E-state index in [9.17, 15) is 57.8 Å². The molecule has 2 aromatic carbocycles. The third kappa shape index (κ3) is 20.6. The van der Waals surface area contributed by atoms with Crippen molar-refractivity contribution < 1.29 is 57.8 Å². The van der Waals surface area contributed by atoms with E-state index >= 15 is 0 Å². The lowest BCUT2D eigenvalue weighted by molar-refractivity contribution is -0.138. The number of hydrogen-bond donors (Lipinski definition) is 12. The summed E-state index contributed by atoms with van der Waals surface area (Å²) in [5, 5.41) is 23.3. The minimum absolute atomic E-state index is 0.0532. The van der Waals surface area contributed by atoms with Crippen LogP contribution in [0.5, 0.6) is 5.75 Å². The lowest BCUT2D eigenvalue weighted by atomic mass is 9.87. The third-order valence-corrected chi connectivity index (χ3v) is 15.1. The number of carbonyl (C=O) groups excluding carboxylic acids is 11. The number of ketones is 3. The van der Waals surface area contributed by atoms with Crippen LogP contribution < -0.4 is 61.0 Å². The number of benzene rings is 2. The highest BCUT2D eigenvalue weighted by molar-refractivity contribution is 8.76. The molecule has 1 aliphatic heterocycles. The minimum atomic E-state index is -1.52. The van der Waals surface area contributed by atoms with E-state index in [0.717, 1.165) is 21.6 Å². The maximum Gasteiger partial charge on any atom is 0.243 e. The molecule has 1 saturated carbocycles. The fraction of sp³-hybridized carbons (Fsp3) is 0.510. The van der Waals surface area contributed by atoms with Crippen LogP contribution in [0.25, 0.3) is 0 Å². The number of nitrogens with two attached hydrogens (primary N) is 6. The fourth-order valence-electron chi connectivity index (χ4n) is 8.63. The molecule has 1 unspecified atom stereocenters. The van der Waals surface area contributed by atoms with Gasteiger partial charge >= 0.3 is 0 Å². The summed E-state index contributed by atoms with van der Waals surface area (Å²) in [5.74, 6) is -12.5. The van der Waals surface area contributed by atoms with E-state index in [1.165, 1.54) is 24.3 Å². The van der Waals surface area contributed by atoms with Gasteiger partial charge in [0.05, 0.1) is 30.1 Å².